The molecule has 182 valence electrons. The normalized spacial score (nSPS) is 24.6. The molecule has 9 heteroatoms. The second kappa shape index (κ2) is 9.41. The molecular weight excluding hydrogens is 456 g/mol. The van der Waals surface area contributed by atoms with E-state index in [1.165, 1.54) is 19.7 Å². The molecule has 2 bridgehead atoms. The first-order valence-corrected chi connectivity index (χ1v) is 12.0. The maximum Gasteiger partial charge on any atom is 0.337 e. The van der Waals surface area contributed by atoms with Crippen LogP contribution < -0.4 is 16.2 Å². The van der Waals surface area contributed by atoms with Crippen LogP contribution in [0.4, 0.5) is 5.69 Å². The van der Waals surface area contributed by atoms with Crippen molar-refractivity contribution in [1.29, 1.82) is 0 Å². The van der Waals surface area contributed by atoms with Crippen molar-refractivity contribution in [1.82, 2.24) is 15.1 Å². The van der Waals surface area contributed by atoms with Gasteiger partial charge in [0, 0.05) is 12.6 Å². The average Bonchev–Trinajstić information content (AvgIpc) is 2.82. The SMILES string of the molecule is COC(=O)c1cccc(CNC(=O)Cn2ncc(N[C@@H]3C[C@@H]4C[C@H]([C@H]3C)C4(C)C)c(Cl)c2=O)c1. The Morgan fingerprint density at radius 3 is 2.74 bits per heavy atom. The van der Waals surface area contributed by atoms with Crippen LogP contribution in [-0.4, -0.2) is 34.8 Å². The Morgan fingerprint density at radius 2 is 2.06 bits per heavy atom. The Labute approximate surface area is 204 Å². The van der Waals surface area contributed by atoms with Crippen LogP contribution in [0, 0.1) is 23.2 Å². The molecule has 2 aromatic rings. The molecule has 0 saturated heterocycles. The van der Waals surface area contributed by atoms with Gasteiger partial charge in [-0.05, 0) is 53.7 Å². The van der Waals surface area contributed by atoms with Gasteiger partial charge in [0.15, 0.2) is 0 Å². The van der Waals surface area contributed by atoms with E-state index in [0.29, 0.717) is 34.4 Å². The molecule has 34 heavy (non-hydrogen) atoms. The zero-order valence-electron chi connectivity index (χ0n) is 19.9. The summed E-state index contributed by atoms with van der Waals surface area (Å²) < 4.78 is 5.76. The zero-order chi connectivity index (χ0) is 24.6. The number of nitrogens with one attached hydrogen (secondary N) is 2. The van der Waals surface area contributed by atoms with Gasteiger partial charge in [0.2, 0.25) is 5.91 Å². The number of ether oxygens (including phenoxy) is 1. The highest BCUT2D eigenvalue weighted by Crippen LogP contribution is 2.61. The molecule has 0 unspecified atom stereocenters. The number of amides is 1. The number of carbonyl (C=O) groups is 2. The highest BCUT2D eigenvalue weighted by molar-refractivity contribution is 6.32. The van der Waals surface area contributed by atoms with Crippen molar-refractivity contribution in [3.8, 4) is 0 Å². The van der Waals surface area contributed by atoms with Crippen molar-refractivity contribution in [3.63, 3.8) is 0 Å². The van der Waals surface area contributed by atoms with Crippen LogP contribution >= 0.6 is 11.6 Å². The van der Waals surface area contributed by atoms with E-state index in [2.05, 4.69) is 36.5 Å². The van der Waals surface area contributed by atoms with Crippen molar-refractivity contribution in [2.75, 3.05) is 12.4 Å². The number of methoxy groups -OCH3 is 1. The molecule has 3 aliphatic carbocycles. The number of hydrogen-bond donors (Lipinski definition) is 2. The van der Waals surface area contributed by atoms with Crippen LogP contribution in [0.3, 0.4) is 0 Å². The van der Waals surface area contributed by atoms with Crippen molar-refractivity contribution in [3.05, 3.63) is 57.0 Å². The van der Waals surface area contributed by atoms with Gasteiger partial charge in [-0.2, -0.15) is 5.10 Å². The Bertz CT molecular complexity index is 1160. The molecule has 3 fully saturated rings. The van der Waals surface area contributed by atoms with Crippen LogP contribution in [0.25, 0.3) is 0 Å². The summed E-state index contributed by atoms with van der Waals surface area (Å²) in [5, 5.41) is 10.4. The first kappa shape index (κ1) is 24.3. The summed E-state index contributed by atoms with van der Waals surface area (Å²) in [4.78, 5) is 36.8. The van der Waals surface area contributed by atoms with Gasteiger partial charge in [-0.3, -0.25) is 9.59 Å². The van der Waals surface area contributed by atoms with Crippen LogP contribution in [0.5, 0.6) is 0 Å². The molecule has 1 aromatic heterocycles. The van der Waals surface area contributed by atoms with E-state index in [4.69, 9.17) is 16.3 Å². The van der Waals surface area contributed by atoms with Crippen molar-refractivity contribution < 1.29 is 14.3 Å². The van der Waals surface area contributed by atoms with E-state index in [-0.39, 0.29) is 24.2 Å². The van der Waals surface area contributed by atoms with Gasteiger partial charge in [0.25, 0.3) is 5.56 Å². The fourth-order valence-corrected chi connectivity index (χ4v) is 5.74. The number of fused-ring (bicyclic) bond motifs is 2. The summed E-state index contributed by atoms with van der Waals surface area (Å²) >= 11 is 6.37. The minimum absolute atomic E-state index is 0.0410. The molecule has 5 rings (SSSR count). The van der Waals surface area contributed by atoms with Gasteiger partial charge in [0.1, 0.15) is 11.6 Å². The van der Waals surface area contributed by atoms with Crippen molar-refractivity contribution in [2.24, 2.45) is 23.2 Å². The van der Waals surface area contributed by atoms with Gasteiger partial charge in [0.05, 0.1) is 24.6 Å². The fraction of sp³-hybridized carbons (Fsp3) is 0.520. The van der Waals surface area contributed by atoms with Gasteiger partial charge in [-0.1, -0.05) is 44.5 Å². The third kappa shape index (κ3) is 4.56. The summed E-state index contributed by atoms with van der Waals surface area (Å²) in [7, 11) is 1.31. The molecule has 3 saturated carbocycles. The van der Waals surface area contributed by atoms with E-state index in [9.17, 15) is 14.4 Å². The number of halogens is 1. The van der Waals surface area contributed by atoms with E-state index < -0.39 is 17.4 Å². The Morgan fingerprint density at radius 1 is 1.29 bits per heavy atom. The van der Waals surface area contributed by atoms with Crippen molar-refractivity contribution >= 4 is 29.2 Å². The van der Waals surface area contributed by atoms with E-state index in [1.807, 2.05) is 0 Å². The Hall–Kier alpha value is -2.87. The first-order chi connectivity index (χ1) is 16.1. The molecule has 2 N–H and O–H groups in total. The first-order valence-electron chi connectivity index (χ1n) is 11.6. The van der Waals surface area contributed by atoms with Crippen LogP contribution in [-0.2, 0) is 22.6 Å². The quantitative estimate of drug-likeness (QED) is 0.581. The number of anilines is 1. The lowest BCUT2D eigenvalue weighted by molar-refractivity contribution is -0.122. The lowest BCUT2D eigenvalue weighted by Crippen LogP contribution is -2.58. The van der Waals surface area contributed by atoms with E-state index in [0.717, 1.165) is 16.7 Å². The lowest BCUT2D eigenvalue weighted by atomic mass is 9.45. The second-order valence-corrected chi connectivity index (χ2v) is 10.4. The molecular formula is C25H31ClN4O4. The smallest absolute Gasteiger partial charge is 0.337 e. The summed E-state index contributed by atoms with van der Waals surface area (Å²) in [5.74, 6) is 0.971. The molecule has 0 spiro atoms. The predicted molar refractivity (Wildman–Crippen MR) is 130 cm³/mol. The molecule has 1 amide bonds. The van der Waals surface area contributed by atoms with Crippen molar-refractivity contribution in [2.45, 2.75) is 52.7 Å². The number of benzene rings is 1. The number of esters is 1. The molecule has 0 aliphatic heterocycles. The topological polar surface area (TPSA) is 102 Å². The maximum atomic E-state index is 12.7. The van der Waals surface area contributed by atoms with Gasteiger partial charge in [-0.15, -0.1) is 0 Å². The Kier molecular flexibility index (Phi) is 6.71. The van der Waals surface area contributed by atoms with Crippen LogP contribution in [0.1, 0.15) is 49.5 Å². The second-order valence-electron chi connectivity index (χ2n) is 10.0. The van der Waals surface area contributed by atoms with Crippen LogP contribution in [0.15, 0.2) is 35.3 Å². The number of rotatable bonds is 7. The maximum absolute atomic E-state index is 12.7. The number of nitrogens with zero attached hydrogens (tertiary/aromatic N) is 2. The standard InChI is InChI=1S/C25H31ClN4O4/c1-14-18-9-17(25(18,2)3)10-19(14)29-20-12-28-30(23(32)22(20)26)13-21(31)27-11-15-6-5-7-16(8-15)24(33)34-4/h5-8,12,14,17-19,29H,9-11,13H2,1-4H3,(H,27,31)/t14-,17+,18-,19-/m1/s1. The van der Waals surface area contributed by atoms with Crippen LogP contribution in [0.2, 0.25) is 5.02 Å². The highest BCUT2D eigenvalue weighted by Gasteiger charge is 2.56. The van der Waals surface area contributed by atoms with Gasteiger partial charge >= 0.3 is 5.97 Å². The van der Waals surface area contributed by atoms with Gasteiger partial charge in [-0.25, -0.2) is 9.48 Å². The third-order valence-corrected chi connectivity index (χ3v) is 8.18. The van der Waals surface area contributed by atoms with Gasteiger partial charge < -0.3 is 15.4 Å². The number of hydrogen-bond acceptors (Lipinski definition) is 6. The Balaban J connectivity index is 1.36. The number of aromatic nitrogens is 2. The van der Waals surface area contributed by atoms with E-state index >= 15 is 0 Å². The van der Waals surface area contributed by atoms with E-state index in [1.54, 1.807) is 24.3 Å². The molecule has 1 aromatic carbocycles. The number of carbonyl (C=O) groups excluding carboxylic acids is 2. The minimum atomic E-state index is -0.511. The molecule has 3 aliphatic rings. The summed E-state index contributed by atoms with van der Waals surface area (Å²) in [6.07, 6.45) is 3.83. The lowest BCUT2D eigenvalue weighted by Gasteiger charge is -2.62. The average molecular weight is 487 g/mol. The minimum Gasteiger partial charge on any atom is -0.465 e. The third-order valence-electron chi connectivity index (χ3n) is 7.81. The summed E-state index contributed by atoms with van der Waals surface area (Å²) in [6, 6.07) is 7.02. The fourth-order valence-electron chi connectivity index (χ4n) is 5.54. The molecule has 4 atom stereocenters. The summed E-state index contributed by atoms with van der Waals surface area (Å²) in [6.45, 7) is 6.88. The molecule has 8 nitrogen and oxygen atoms in total. The molecule has 1 heterocycles. The largest absolute Gasteiger partial charge is 0.465 e. The summed E-state index contributed by atoms with van der Waals surface area (Å²) in [5.41, 5.74) is 1.51. The monoisotopic (exact) mass is 486 g/mol. The molecule has 0 radical (unpaired) electrons. The predicted octanol–water partition coefficient (Wildman–Crippen LogP) is 3.48. The zero-order valence-corrected chi connectivity index (χ0v) is 20.7. The highest BCUT2D eigenvalue weighted by atomic mass is 35.5.